The molecule has 0 aliphatic rings. The van der Waals surface area contributed by atoms with Crippen LogP contribution < -0.4 is 9.47 Å². The van der Waals surface area contributed by atoms with Crippen LogP contribution >= 0.6 is 0 Å². The Hall–Kier alpha value is -3.13. The van der Waals surface area contributed by atoms with Crippen molar-refractivity contribution >= 4 is 5.97 Å². The van der Waals surface area contributed by atoms with E-state index in [1.165, 1.54) is 13.8 Å². The lowest BCUT2D eigenvalue weighted by Crippen LogP contribution is -2.17. The zero-order valence-electron chi connectivity index (χ0n) is 15.0. The number of hydrogen-bond donors (Lipinski definition) is 1. The first-order valence-corrected chi connectivity index (χ1v) is 7.88. The molecule has 0 saturated heterocycles. The number of aliphatic hydroxyl groups is 1. The molecule has 0 amide bonds. The number of carbonyl (C=O) groups excluding carboxylic acids is 1. The van der Waals surface area contributed by atoms with Gasteiger partial charge in [0, 0.05) is 16.7 Å². The number of ether oxygens (including phenoxy) is 2. The lowest BCUT2D eigenvalue weighted by molar-refractivity contribution is -0.130. The van der Waals surface area contributed by atoms with Gasteiger partial charge in [-0.15, -0.1) is 0 Å². The molecule has 8 heteroatoms. The number of esters is 1. The number of benzene rings is 2. The molecule has 0 spiro atoms. The molecule has 28 heavy (non-hydrogen) atoms. The number of rotatable bonds is 6. The Morgan fingerprint density at radius 3 is 1.82 bits per heavy atom. The monoisotopic (exact) mass is 396 g/mol. The summed E-state index contributed by atoms with van der Waals surface area (Å²) < 4.78 is 66.6. The van der Waals surface area contributed by atoms with Gasteiger partial charge in [0.2, 0.25) is 17.9 Å². The van der Waals surface area contributed by atoms with Crippen LogP contribution in [-0.4, -0.2) is 17.4 Å². The first-order valence-electron chi connectivity index (χ1n) is 7.88. The summed E-state index contributed by atoms with van der Waals surface area (Å²) in [6.45, 7) is 9.45. The Labute approximate surface area is 158 Å². The van der Waals surface area contributed by atoms with E-state index in [9.17, 15) is 27.5 Å². The van der Waals surface area contributed by atoms with Gasteiger partial charge in [-0.1, -0.05) is 13.2 Å². The van der Waals surface area contributed by atoms with Gasteiger partial charge in [0.25, 0.3) is 0 Å². The van der Waals surface area contributed by atoms with Gasteiger partial charge in [-0.3, -0.25) is 0 Å². The minimum atomic E-state index is -1.57. The van der Waals surface area contributed by atoms with Crippen LogP contribution in [0.2, 0.25) is 0 Å². The van der Waals surface area contributed by atoms with E-state index in [-0.39, 0.29) is 11.1 Å². The molecule has 1 N–H and O–H groups in total. The summed E-state index contributed by atoms with van der Waals surface area (Å²) in [5.41, 5.74) is -1.08. The average Bonchev–Trinajstić information content (AvgIpc) is 2.63. The van der Waals surface area contributed by atoms with E-state index < -0.39 is 58.2 Å². The van der Waals surface area contributed by atoms with Crippen molar-refractivity contribution in [3.63, 3.8) is 0 Å². The number of halogens is 4. The Morgan fingerprint density at radius 1 is 0.893 bits per heavy atom. The predicted octanol–water partition coefficient (Wildman–Crippen LogP) is 4.66. The van der Waals surface area contributed by atoms with Crippen molar-refractivity contribution in [3.8, 4) is 22.6 Å². The maximum absolute atomic E-state index is 14.4. The molecule has 4 nitrogen and oxygen atoms in total. The Morgan fingerprint density at radius 2 is 1.36 bits per heavy atom. The Kier molecular flexibility index (Phi) is 6.25. The number of carbonyl (C=O) groups is 1. The summed E-state index contributed by atoms with van der Waals surface area (Å²) in [5, 5.41) is 9.54. The van der Waals surface area contributed by atoms with Gasteiger partial charge in [0.05, 0.1) is 0 Å². The highest BCUT2D eigenvalue weighted by Crippen LogP contribution is 2.35. The zero-order chi connectivity index (χ0) is 21.2. The van der Waals surface area contributed by atoms with E-state index in [0.29, 0.717) is 0 Å². The third kappa shape index (κ3) is 4.23. The minimum Gasteiger partial charge on any atom is -0.458 e. The fourth-order valence-corrected chi connectivity index (χ4v) is 2.06. The summed E-state index contributed by atoms with van der Waals surface area (Å²) in [6.07, 6.45) is -1.57. The molecule has 1 atom stereocenters. The molecule has 0 bridgehead atoms. The van der Waals surface area contributed by atoms with Crippen molar-refractivity contribution in [2.24, 2.45) is 0 Å². The van der Waals surface area contributed by atoms with Gasteiger partial charge in [0.1, 0.15) is 0 Å². The molecule has 0 heterocycles. The second-order valence-corrected chi connectivity index (χ2v) is 5.96. The number of aliphatic hydroxyl groups excluding tert-OH is 1. The van der Waals surface area contributed by atoms with Crippen molar-refractivity contribution in [1.82, 2.24) is 0 Å². The maximum atomic E-state index is 14.4. The standard InChI is InChI=1S/C20H16F4O4/c1-9(2)19(25)27-13-7-5-11(15(21)17(13)23)12-6-8-14(18(24)16(12)22)28-20(26)10(3)4/h5-8,19,25H,1,3H2,2,4H3. The molecule has 0 radical (unpaired) electrons. The molecule has 0 aliphatic heterocycles. The maximum Gasteiger partial charge on any atom is 0.338 e. The summed E-state index contributed by atoms with van der Waals surface area (Å²) >= 11 is 0. The van der Waals surface area contributed by atoms with Crippen LogP contribution in [0.4, 0.5) is 17.6 Å². The van der Waals surface area contributed by atoms with Gasteiger partial charge in [-0.2, -0.15) is 8.78 Å². The van der Waals surface area contributed by atoms with Crippen LogP contribution in [0.1, 0.15) is 13.8 Å². The lowest BCUT2D eigenvalue weighted by atomic mass is 10.0. The van der Waals surface area contributed by atoms with E-state index in [0.717, 1.165) is 24.3 Å². The fraction of sp³-hybridized carbons (Fsp3) is 0.150. The van der Waals surface area contributed by atoms with Crippen molar-refractivity contribution < 1.29 is 36.9 Å². The highest BCUT2D eigenvalue weighted by molar-refractivity contribution is 5.88. The highest BCUT2D eigenvalue weighted by Gasteiger charge is 2.23. The largest absolute Gasteiger partial charge is 0.458 e. The normalized spacial score (nSPS) is 11.7. The Balaban J connectivity index is 2.44. The molecular formula is C20H16F4O4. The van der Waals surface area contributed by atoms with E-state index in [1.54, 1.807) is 0 Å². The SMILES string of the molecule is C=C(C)C(=O)Oc1ccc(-c2ccc(OC(O)C(=C)C)c(F)c2F)c(F)c1F. The molecule has 2 aromatic carbocycles. The quantitative estimate of drug-likeness (QED) is 0.193. The summed E-state index contributed by atoms with van der Waals surface area (Å²) in [4.78, 5) is 11.4. The van der Waals surface area contributed by atoms with E-state index >= 15 is 0 Å². The molecule has 0 aromatic heterocycles. The third-order valence-corrected chi connectivity index (χ3v) is 3.60. The van der Waals surface area contributed by atoms with E-state index in [1.807, 2.05) is 0 Å². The van der Waals surface area contributed by atoms with E-state index in [2.05, 4.69) is 17.9 Å². The van der Waals surface area contributed by atoms with Crippen molar-refractivity contribution in [3.05, 3.63) is 71.8 Å². The lowest BCUT2D eigenvalue weighted by Gasteiger charge is -2.15. The number of hydrogen-bond acceptors (Lipinski definition) is 4. The van der Waals surface area contributed by atoms with Crippen LogP contribution in [0.3, 0.4) is 0 Å². The second kappa shape index (κ2) is 8.26. The van der Waals surface area contributed by atoms with Crippen LogP contribution in [-0.2, 0) is 4.79 Å². The Bertz CT molecular complexity index is 969. The molecule has 0 saturated carbocycles. The predicted molar refractivity (Wildman–Crippen MR) is 93.6 cm³/mol. The fourth-order valence-electron chi connectivity index (χ4n) is 2.06. The van der Waals surface area contributed by atoms with Gasteiger partial charge in [0.15, 0.2) is 23.1 Å². The van der Waals surface area contributed by atoms with Crippen molar-refractivity contribution in [1.29, 1.82) is 0 Å². The van der Waals surface area contributed by atoms with Gasteiger partial charge < -0.3 is 14.6 Å². The molecule has 2 rings (SSSR count). The summed E-state index contributed by atoms with van der Waals surface area (Å²) in [5.74, 6) is -8.44. The van der Waals surface area contributed by atoms with Crippen molar-refractivity contribution in [2.75, 3.05) is 0 Å². The van der Waals surface area contributed by atoms with Crippen LogP contribution in [0, 0.1) is 23.3 Å². The first-order chi connectivity index (χ1) is 13.0. The minimum absolute atomic E-state index is 0.0375. The summed E-state index contributed by atoms with van der Waals surface area (Å²) in [7, 11) is 0. The molecular weight excluding hydrogens is 380 g/mol. The second-order valence-electron chi connectivity index (χ2n) is 5.96. The first kappa shape index (κ1) is 21.2. The van der Waals surface area contributed by atoms with Crippen LogP contribution in [0.15, 0.2) is 48.6 Å². The summed E-state index contributed by atoms with van der Waals surface area (Å²) in [6, 6.07) is 3.74. The zero-order valence-corrected chi connectivity index (χ0v) is 15.0. The topological polar surface area (TPSA) is 55.8 Å². The van der Waals surface area contributed by atoms with Crippen molar-refractivity contribution in [2.45, 2.75) is 20.1 Å². The molecule has 1 unspecified atom stereocenters. The molecule has 148 valence electrons. The third-order valence-electron chi connectivity index (χ3n) is 3.60. The molecule has 2 aromatic rings. The van der Waals surface area contributed by atoms with E-state index in [4.69, 9.17) is 4.74 Å². The highest BCUT2D eigenvalue weighted by atomic mass is 19.2. The average molecular weight is 396 g/mol. The van der Waals surface area contributed by atoms with Gasteiger partial charge in [-0.05, 0) is 43.7 Å². The molecule has 0 fully saturated rings. The van der Waals surface area contributed by atoms with Crippen LogP contribution in [0.25, 0.3) is 11.1 Å². The van der Waals surface area contributed by atoms with Gasteiger partial charge in [-0.25, -0.2) is 13.6 Å². The van der Waals surface area contributed by atoms with Crippen LogP contribution in [0.5, 0.6) is 11.5 Å². The molecule has 0 aliphatic carbocycles. The smallest absolute Gasteiger partial charge is 0.338 e. The van der Waals surface area contributed by atoms with Gasteiger partial charge >= 0.3 is 5.97 Å².